The highest BCUT2D eigenvalue weighted by Gasteiger charge is 2.17. The lowest BCUT2D eigenvalue weighted by atomic mass is 10.2. The molecule has 0 amide bonds. The molecule has 2 aromatic carbocycles. The first-order chi connectivity index (χ1) is 13.0. The van der Waals surface area contributed by atoms with Crippen LogP contribution < -0.4 is 15.2 Å². The average molecular weight is 387 g/mol. The Balaban J connectivity index is 2.09. The molecule has 0 bridgehead atoms. The molecule has 8 heteroatoms. The summed E-state index contributed by atoms with van der Waals surface area (Å²) in [5.41, 5.74) is 7.54. The standard InChI is InChI=1S/C19H21N3O4S/c1-13(18(23)24)26-17-15(9-6-10-16(17)25-2)11-21-22-19(20)27-12-14-7-4-3-5-8-14/h3-11,13H,12H2,1-2H3,(H2,20,22)(H,23,24). The Bertz CT molecular complexity index is 825. The molecular weight excluding hydrogens is 366 g/mol. The van der Waals surface area contributed by atoms with Gasteiger partial charge in [-0.05, 0) is 24.6 Å². The fraction of sp³-hybridized carbons (Fsp3) is 0.211. The van der Waals surface area contributed by atoms with Gasteiger partial charge in [0.1, 0.15) is 0 Å². The zero-order valence-electron chi connectivity index (χ0n) is 15.0. The lowest BCUT2D eigenvalue weighted by Crippen LogP contribution is -2.23. The van der Waals surface area contributed by atoms with Gasteiger partial charge in [0, 0.05) is 11.3 Å². The molecule has 0 saturated carbocycles. The lowest BCUT2D eigenvalue weighted by Gasteiger charge is -2.15. The number of methoxy groups -OCH3 is 1. The molecule has 0 aliphatic heterocycles. The number of benzene rings is 2. The molecule has 0 saturated heterocycles. The van der Waals surface area contributed by atoms with Crippen molar-refractivity contribution < 1.29 is 19.4 Å². The molecule has 2 aromatic rings. The maximum absolute atomic E-state index is 11.1. The molecule has 3 N–H and O–H groups in total. The SMILES string of the molecule is COc1cccc(C=NN=C(N)SCc2ccccc2)c1OC(C)C(=O)O. The first kappa shape index (κ1) is 20.3. The third-order valence-electron chi connectivity index (χ3n) is 3.45. The van der Waals surface area contributed by atoms with E-state index in [0.29, 0.717) is 22.2 Å². The maximum atomic E-state index is 11.1. The lowest BCUT2D eigenvalue weighted by molar-refractivity contribution is -0.144. The zero-order valence-corrected chi connectivity index (χ0v) is 15.8. The summed E-state index contributed by atoms with van der Waals surface area (Å²) in [6.07, 6.45) is 0.408. The summed E-state index contributed by atoms with van der Waals surface area (Å²) in [6, 6.07) is 15.0. The molecular formula is C19H21N3O4S. The van der Waals surface area contributed by atoms with Gasteiger partial charge in [-0.3, -0.25) is 0 Å². The molecule has 1 unspecified atom stereocenters. The van der Waals surface area contributed by atoms with Crippen LogP contribution in [0.3, 0.4) is 0 Å². The van der Waals surface area contributed by atoms with Crippen LogP contribution in [0.15, 0.2) is 58.7 Å². The van der Waals surface area contributed by atoms with Crippen molar-refractivity contribution in [2.45, 2.75) is 18.8 Å². The summed E-state index contributed by atoms with van der Waals surface area (Å²) in [6.45, 7) is 1.44. The average Bonchev–Trinajstić information content (AvgIpc) is 2.68. The monoisotopic (exact) mass is 387 g/mol. The van der Waals surface area contributed by atoms with Crippen molar-refractivity contribution in [1.82, 2.24) is 0 Å². The van der Waals surface area contributed by atoms with E-state index in [1.807, 2.05) is 30.3 Å². The van der Waals surface area contributed by atoms with E-state index < -0.39 is 12.1 Å². The third kappa shape index (κ3) is 6.34. The maximum Gasteiger partial charge on any atom is 0.344 e. The second-order valence-corrected chi connectivity index (χ2v) is 6.43. The van der Waals surface area contributed by atoms with Crippen LogP contribution in [0, 0.1) is 0 Å². The highest BCUT2D eigenvalue weighted by molar-refractivity contribution is 8.13. The number of rotatable bonds is 8. The largest absolute Gasteiger partial charge is 0.493 e. The van der Waals surface area contributed by atoms with Crippen LogP contribution in [0.1, 0.15) is 18.1 Å². The number of carboxylic acids is 1. The molecule has 0 radical (unpaired) electrons. The van der Waals surface area contributed by atoms with E-state index in [-0.39, 0.29) is 5.75 Å². The highest BCUT2D eigenvalue weighted by atomic mass is 32.2. The van der Waals surface area contributed by atoms with E-state index in [9.17, 15) is 4.79 Å². The molecule has 0 aromatic heterocycles. The Labute approximate surface area is 161 Å². The number of carboxylic acid groups (broad SMARTS) is 1. The Morgan fingerprint density at radius 3 is 2.67 bits per heavy atom. The van der Waals surface area contributed by atoms with E-state index >= 15 is 0 Å². The van der Waals surface area contributed by atoms with E-state index in [2.05, 4.69) is 10.2 Å². The van der Waals surface area contributed by atoms with Crippen molar-refractivity contribution in [2.75, 3.05) is 7.11 Å². The zero-order chi connectivity index (χ0) is 19.6. The van der Waals surface area contributed by atoms with Crippen LogP contribution in [0.25, 0.3) is 0 Å². The fourth-order valence-electron chi connectivity index (χ4n) is 2.06. The van der Waals surface area contributed by atoms with E-state index in [0.717, 1.165) is 5.56 Å². The number of para-hydroxylation sites is 1. The van der Waals surface area contributed by atoms with E-state index in [1.165, 1.54) is 32.0 Å². The predicted octanol–water partition coefficient (Wildman–Crippen LogP) is 3.13. The van der Waals surface area contributed by atoms with Crippen molar-refractivity contribution in [3.8, 4) is 11.5 Å². The van der Waals surface area contributed by atoms with Crippen LogP contribution in [-0.2, 0) is 10.5 Å². The van der Waals surface area contributed by atoms with Gasteiger partial charge < -0.3 is 20.3 Å². The number of aliphatic carboxylic acids is 1. The van der Waals surface area contributed by atoms with Gasteiger partial charge in [-0.1, -0.05) is 48.2 Å². The fourth-order valence-corrected chi connectivity index (χ4v) is 2.67. The first-order valence-electron chi connectivity index (χ1n) is 8.11. The molecule has 0 heterocycles. The number of amidine groups is 1. The summed E-state index contributed by atoms with van der Waals surface area (Å²) in [4.78, 5) is 11.1. The first-order valence-corrected chi connectivity index (χ1v) is 9.09. The molecule has 0 aliphatic rings. The topological polar surface area (TPSA) is 107 Å². The van der Waals surface area contributed by atoms with Gasteiger partial charge in [-0.25, -0.2) is 4.79 Å². The number of hydrogen-bond acceptors (Lipinski definition) is 6. The molecule has 0 spiro atoms. The summed E-state index contributed by atoms with van der Waals surface area (Å²) in [7, 11) is 1.48. The summed E-state index contributed by atoms with van der Waals surface area (Å²) in [5, 5.41) is 17.3. The van der Waals surface area contributed by atoms with E-state index in [1.54, 1.807) is 18.2 Å². The Hall–Kier alpha value is -3.00. The molecule has 0 aliphatic carbocycles. The second kappa shape index (κ2) is 10.2. The van der Waals surface area contributed by atoms with Crippen LogP contribution in [0.2, 0.25) is 0 Å². The quantitative estimate of drug-likeness (QED) is 0.409. The highest BCUT2D eigenvalue weighted by Crippen LogP contribution is 2.31. The number of carbonyl (C=O) groups is 1. The minimum absolute atomic E-state index is 0.282. The van der Waals surface area contributed by atoms with Crippen LogP contribution in [0.4, 0.5) is 0 Å². The van der Waals surface area contributed by atoms with Gasteiger partial charge in [-0.2, -0.15) is 5.10 Å². The van der Waals surface area contributed by atoms with Gasteiger partial charge in [-0.15, -0.1) is 5.10 Å². The van der Waals surface area contributed by atoms with Crippen molar-refractivity contribution >= 4 is 29.1 Å². The van der Waals surface area contributed by atoms with Gasteiger partial charge in [0.05, 0.1) is 13.3 Å². The van der Waals surface area contributed by atoms with Gasteiger partial charge in [0.15, 0.2) is 22.8 Å². The van der Waals surface area contributed by atoms with E-state index in [4.69, 9.17) is 20.3 Å². The van der Waals surface area contributed by atoms with Crippen LogP contribution >= 0.6 is 11.8 Å². The van der Waals surface area contributed by atoms with Gasteiger partial charge in [0.25, 0.3) is 0 Å². The van der Waals surface area contributed by atoms with Gasteiger partial charge >= 0.3 is 5.97 Å². The minimum atomic E-state index is -1.08. The van der Waals surface area contributed by atoms with Gasteiger partial charge in [0.2, 0.25) is 0 Å². The number of hydrogen-bond donors (Lipinski definition) is 2. The third-order valence-corrected chi connectivity index (χ3v) is 4.31. The molecule has 27 heavy (non-hydrogen) atoms. The Morgan fingerprint density at radius 2 is 2.00 bits per heavy atom. The number of ether oxygens (including phenoxy) is 2. The van der Waals surface area contributed by atoms with Crippen LogP contribution in [0.5, 0.6) is 11.5 Å². The van der Waals surface area contributed by atoms with Crippen molar-refractivity contribution in [2.24, 2.45) is 15.9 Å². The molecule has 142 valence electrons. The summed E-state index contributed by atoms with van der Waals surface area (Å²) >= 11 is 1.37. The smallest absolute Gasteiger partial charge is 0.344 e. The van der Waals surface area contributed by atoms with Crippen LogP contribution in [-0.4, -0.2) is 35.7 Å². The van der Waals surface area contributed by atoms with Crippen molar-refractivity contribution in [1.29, 1.82) is 0 Å². The number of thioether (sulfide) groups is 1. The number of nitrogens with zero attached hydrogens (tertiary/aromatic N) is 2. The predicted molar refractivity (Wildman–Crippen MR) is 108 cm³/mol. The Morgan fingerprint density at radius 1 is 1.26 bits per heavy atom. The molecule has 2 rings (SSSR count). The number of nitrogens with two attached hydrogens (primary N) is 1. The summed E-state index contributed by atoms with van der Waals surface area (Å²) < 4.78 is 10.7. The molecule has 7 nitrogen and oxygen atoms in total. The van der Waals surface area contributed by atoms with Crippen molar-refractivity contribution in [3.63, 3.8) is 0 Å². The molecule has 0 fully saturated rings. The normalized spacial score (nSPS) is 12.7. The Kier molecular flexibility index (Phi) is 7.69. The minimum Gasteiger partial charge on any atom is -0.493 e. The summed E-state index contributed by atoms with van der Waals surface area (Å²) in [5.74, 6) is 0.296. The molecule has 1 atom stereocenters. The van der Waals surface area contributed by atoms with Crippen molar-refractivity contribution in [3.05, 3.63) is 59.7 Å². The second-order valence-electron chi connectivity index (χ2n) is 5.43.